The van der Waals surface area contributed by atoms with Gasteiger partial charge in [-0.25, -0.2) is 4.68 Å². The van der Waals surface area contributed by atoms with Gasteiger partial charge in [-0.1, -0.05) is 24.6 Å². The molecule has 1 atom stereocenters. The number of aromatic nitrogens is 6. The average molecular weight is 498 g/mol. The molecule has 190 valence electrons. The molecule has 1 N–H and O–H groups in total. The summed E-state index contributed by atoms with van der Waals surface area (Å²) in [6.07, 6.45) is 6.05. The highest BCUT2D eigenvalue weighted by atomic mass is 16.3. The molecule has 0 amide bonds. The molecule has 1 aromatic carbocycles. The number of fused-ring (bicyclic) bond motifs is 1. The van der Waals surface area contributed by atoms with Crippen LogP contribution in [-0.4, -0.2) is 35.1 Å². The van der Waals surface area contributed by atoms with Crippen LogP contribution in [0.25, 0.3) is 10.9 Å². The number of nitrogens with one attached hydrogen (secondary N) is 1. The minimum Gasteiger partial charge on any atom is -0.468 e. The zero-order valence-corrected chi connectivity index (χ0v) is 21.5. The summed E-state index contributed by atoms with van der Waals surface area (Å²) < 4.78 is 7.58. The van der Waals surface area contributed by atoms with Crippen molar-refractivity contribution in [1.29, 1.82) is 0 Å². The number of tetrazole rings is 1. The second kappa shape index (κ2) is 10.1. The van der Waals surface area contributed by atoms with Crippen LogP contribution in [0.5, 0.6) is 0 Å². The third-order valence-corrected chi connectivity index (χ3v) is 6.91. The number of rotatable bonds is 9. The zero-order valence-electron chi connectivity index (χ0n) is 21.5. The van der Waals surface area contributed by atoms with Crippen molar-refractivity contribution < 1.29 is 4.42 Å². The third-order valence-electron chi connectivity index (χ3n) is 6.91. The second-order valence-electron chi connectivity index (χ2n) is 10.0. The lowest BCUT2D eigenvalue weighted by atomic mass is 9.98. The predicted molar refractivity (Wildman–Crippen MR) is 141 cm³/mol. The van der Waals surface area contributed by atoms with Crippen LogP contribution in [0.15, 0.2) is 76.4 Å². The maximum absolute atomic E-state index is 13.6. The number of nitrogens with zero attached hydrogens (tertiary/aromatic N) is 6. The van der Waals surface area contributed by atoms with Gasteiger partial charge in [-0.2, -0.15) is 0 Å². The minimum atomic E-state index is -0.556. The maximum atomic E-state index is 13.6. The molecule has 9 heteroatoms. The van der Waals surface area contributed by atoms with E-state index in [1.165, 1.54) is 0 Å². The molecule has 1 unspecified atom stereocenters. The molecule has 0 aliphatic rings. The lowest BCUT2D eigenvalue weighted by molar-refractivity contribution is 0.168. The Hall–Kier alpha value is -4.11. The van der Waals surface area contributed by atoms with E-state index < -0.39 is 6.04 Å². The molecule has 0 spiro atoms. The first-order chi connectivity index (χ1) is 17.9. The van der Waals surface area contributed by atoms with Gasteiger partial charge >= 0.3 is 0 Å². The molecule has 0 fully saturated rings. The molecule has 0 radical (unpaired) electrons. The summed E-state index contributed by atoms with van der Waals surface area (Å²) in [7, 11) is 0. The van der Waals surface area contributed by atoms with Gasteiger partial charge in [0, 0.05) is 30.0 Å². The Labute approximate surface area is 215 Å². The van der Waals surface area contributed by atoms with E-state index >= 15 is 0 Å². The van der Waals surface area contributed by atoms with E-state index in [-0.39, 0.29) is 11.1 Å². The molecule has 0 saturated heterocycles. The van der Waals surface area contributed by atoms with Crippen LogP contribution in [-0.2, 0) is 18.6 Å². The number of furan rings is 1. The van der Waals surface area contributed by atoms with Crippen LogP contribution in [0.1, 0.15) is 61.5 Å². The van der Waals surface area contributed by atoms with Crippen molar-refractivity contribution in [2.75, 3.05) is 0 Å². The number of hydrogen-bond acceptors (Lipinski definition) is 7. The van der Waals surface area contributed by atoms with Gasteiger partial charge in [-0.05, 0) is 85.0 Å². The molecule has 5 aromatic rings. The van der Waals surface area contributed by atoms with Gasteiger partial charge < -0.3 is 9.40 Å². The predicted octanol–water partition coefficient (Wildman–Crippen LogP) is 4.75. The largest absolute Gasteiger partial charge is 0.468 e. The summed E-state index contributed by atoms with van der Waals surface area (Å²) in [4.78, 5) is 23.2. The van der Waals surface area contributed by atoms with Gasteiger partial charge in [-0.15, -0.1) is 5.10 Å². The van der Waals surface area contributed by atoms with Gasteiger partial charge in [0.05, 0.1) is 18.3 Å². The fourth-order valence-corrected chi connectivity index (χ4v) is 4.56. The standard InChI is InChI=1S/C28H31N7O2/c1-5-28(3,4)35-26(31-32-33-35)25(23-15-21-14-19(2)10-11-24(21)30-27(23)36)34(18-22-9-7-13-37-22)17-20-8-6-12-29-16-20/h6-16,25H,5,17-18H2,1-4H3,(H,30,36). The summed E-state index contributed by atoms with van der Waals surface area (Å²) in [5, 5.41) is 13.9. The normalized spacial score (nSPS) is 12.9. The number of aryl methyl sites for hydroxylation is 1. The maximum Gasteiger partial charge on any atom is 0.253 e. The first-order valence-corrected chi connectivity index (χ1v) is 12.4. The van der Waals surface area contributed by atoms with E-state index in [2.05, 4.69) is 57.2 Å². The Bertz CT molecular complexity index is 1540. The first-order valence-electron chi connectivity index (χ1n) is 12.4. The fourth-order valence-electron chi connectivity index (χ4n) is 4.56. The van der Waals surface area contributed by atoms with Crippen molar-refractivity contribution in [2.45, 2.75) is 58.8 Å². The van der Waals surface area contributed by atoms with Gasteiger partial charge in [0.1, 0.15) is 11.8 Å². The summed E-state index contributed by atoms with van der Waals surface area (Å²) in [5.41, 5.74) is 2.93. The van der Waals surface area contributed by atoms with Gasteiger partial charge in [-0.3, -0.25) is 14.7 Å². The molecule has 0 saturated carbocycles. The number of benzene rings is 1. The highest BCUT2D eigenvalue weighted by Gasteiger charge is 2.35. The average Bonchev–Trinajstić information content (AvgIpc) is 3.58. The van der Waals surface area contributed by atoms with Crippen molar-refractivity contribution in [3.05, 3.63) is 106 Å². The van der Waals surface area contributed by atoms with Crippen molar-refractivity contribution >= 4 is 10.9 Å². The third kappa shape index (κ3) is 5.08. The Morgan fingerprint density at radius 3 is 2.73 bits per heavy atom. The van der Waals surface area contributed by atoms with Crippen LogP contribution >= 0.6 is 0 Å². The minimum absolute atomic E-state index is 0.180. The van der Waals surface area contributed by atoms with Crippen LogP contribution < -0.4 is 5.56 Å². The second-order valence-corrected chi connectivity index (χ2v) is 10.0. The smallest absolute Gasteiger partial charge is 0.253 e. The highest BCUT2D eigenvalue weighted by Crippen LogP contribution is 2.33. The van der Waals surface area contributed by atoms with E-state index in [9.17, 15) is 4.79 Å². The van der Waals surface area contributed by atoms with E-state index in [1.807, 2.05) is 60.3 Å². The van der Waals surface area contributed by atoms with Crippen molar-refractivity contribution in [3.8, 4) is 0 Å². The zero-order chi connectivity index (χ0) is 26.0. The highest BCUT2D eigenvalue weighted by molar-refractivity contribution is 5.79. The molecule has 5 rings (SSSR count). The van der Waals surface area contributed by atoms with Crippen LogP contribution in [0.4, 0.5) is 0 Å². The summed E-state index contributed by atoms with van der Waals surface area (Å²) in [6.45, 7) is 9.27. The van der Waals surface area contributed by atoms with Gasteiger partial charge in [0.25, 0.3) is 5.56 Å². The molecule has 4 heterocycles. The monoisotopic (exact) mass is 497 g/mol. The summed E-state index contributed by atoms with van der Waals surface area (Å²) in [5.74, 6) is 1.37. The van der Waals surface area contributed by atoms with E-state index in [0.29, 0.717) is 24.5 Å². The molecule has 37 heavy (non-hydrogen) atoms. The molecular weight excluding hydrogens is 466 g/mol. The van der Waals surface area contributed by atoms with Gasteiger partial charge in [0.15, 0.2) is 5.82 Å². The van der Waals surface area contributed by atoms with E-state index in [4.69, 9.17) is 4.42 Å². The SMILES string of the molecule is CCC(C)(C)n1nnnc1C(c1cc2cc(C)ccc2[nH]c1=O)N(Cc1cccnc1)Cc1ccco1. The number of pyridine rings is 2. The molecule has 0 aliphatic heterocycles. The Morgan fingerprint density at radius 2 is 2.00 bits per heavy atom. The Kier molecular flexibility index (Phi) is 6.71. The quantitative estimate of drug-likeness (QED) is 0.313. The van der Waals surface area contributed by atoms with Crippen LogP contribution in [0.2, 0.25) is 0 Å². The number of hydrogen-bond donors (Lipinski definition) is 1. The fraction of sp³-hybridized carbons (Fsp3) is 0.321. The topological polar surface area (TPSA) is 106 Å². The summed E-state index contributed by atoms with van der Waals surface area (Å²) in [6, 6.07) is 15.1. The van der Waals surface area contributed by atoms with E-state index in [0.717, 1.165) is 34.2 Å². The molecule has 0 aliphatic carbocycles. The number of H-pyrrole nitrogens is 1. The molecular formula is C28H31N7O2. The molecule has 4 aromatic heterocycles. The van der Waals surface area contributed by atoms with Crippen molar-refractivity contribution in [1.82, 2.24) is 35.1 Å². The van der Waals surface area contributed by atoms with Crippen molar-refractivity contribution in [3.63, 3.8) is 0 Å². The van der Waals surface area contributed by atoms with Gasteiger partial charge in [0.2, 0.25) is 0 Å². The first kappa shape index (κ1) is 24.6. The Balaban J connectivity index is 1.73. The molecule has 9 nitrogen and oxygen atoms in total. The van der Waals surface area contributed by atoms with E-state index in [1.54, 1.807) is 12.5 Å². The number of aromatic amines is 1. The molecule has 0 bridgehead atoms. The summed E-state index contributed by atoms with van der Waals surface area (Å²) >= 11 is 0. The lowest BCUT2D eigenvalue weighted by Crippen LogP contribution is -2.38. The van der Waals surface area contributed by atoms with Crippen LogP contribution in [0.3, 0.4) is 0 Å². The Morgan fingerprint density at radius 1 is 1.14 bits per heavy atom. The van der Waals surface area contributed by atoms with Crippen molar-refractivity contribution in [2.24, 2.45) is 0 Å². The van der Waals surface area contributed by atoms with Crippen LogP contribution in [0, 0.1) is 6.92 Å². The lowest BCUT2D eigenvalue weighted by Gasteiger charge is -2.33.